The Morgan fingerprint density at radius 2 is 1.92 bits per heavy atom. The first-order valence-electron chi connectivity index (χ1n) is 7.61. The molecule has 130 valence electrons. The second-order valence-electron chi connectivity index (χ2n) is 5.53. The minimum absolute atomic E-state index is 0.152. The van der Waals surface area contributed by atoms with E-state index >= 15 is 0 Å². The van der Waals surface area contributed by atoms with Crippen LogP contribution in [0, 0.1) is 0 Å². The number of nitrogens with one attached hydrogen (secondary N) is 2. The summed E-state index contributed by atoms with van der Waals surface area (Å²) < 4.78 is 26.3. The molecule has 3 rings (SSSR count). The van der Waals surface area contributed by atoms with E-state index in [9.17, 15) is 8.42 Å². The van der Waals surface area contributed by atoms with Crippen molar-refractivity contribution in [1.29, 1.82) is 0 Å². The van der Waals surface area contributed by atoms with Gasteiger partial charge in [0.25, 0.3) is 0 Å². The van der Waals surface area contributed by atoms with E-state index in [2.05, 4.69) is 20.0 Å². The van der Waals surface area contributed by atoms with Gasteiger partial charge in [0.15, 0.2) is 0 Å². The van der Waals surface area contributed by atoms with Gasteiger partial charge in [0.1, 0.15) is 12.1 Å². The number of halogens is 1. The van der Waals surface area contributed by atoms with Gasteiger partial charge in [-0.2, -0.15) is 0 Å². The van der Waals surface area contributed by atoms with Gasteiger partial charge < -0.3 is 5.32 Å². The number of anilines is 1. The summed E-state index contributed by atoms with van der Waals surface area (Å²) in [4.78, 5) is 8.73. The van der Waals surface area contributed by atoms with E-state index in [1.54, 1.807) is 30.3 Å². The summed E-state index contributed by atoms with van der Waals surface area (Å²) in [5.74, 6) is 0.663. The number of rotatable bonds is 5. The predicted molar refractivity (Wildman–Crippen MR) is 99.3 cm³/mol. The maximum absolute atomic E-state index is 12.0. The Morgan fingerprint density at radius 1 is 1.12 bits per heavy atom. The zero-order chi connectivity index (χ0) is 18.0. The maximum atomic E-state index is 12.0. The fraction of sp³-hybridized carbons (Fsp3) is 0.176. The topological polar surface area (TPSA) is 84.0 Å². The number of nitrogens with zero attached hydrogens (tertiary/aromatic N) is 2. The number of hydrogen-bond acceptors (Lipinski definition) is 5. The fourth-order valence-corrected chi connectivity index (χ4v) is 3.45. The SMILES string of the molecule is CNS(=O)(=O)c1cccc(C(C)Nc2ncnc3cc(Cl)ccc23)c1. The van der Waals surface area contributed by atoms with E-state index in [0.717, 1.165) is 16.5 Å². The van der Waals surface area contributed by atoms with Crippen molar-refractivity contribution in [2.45, 2.75) is 17.9 Å². The van der Waals surface area contributed by atoms with Crippen LogP contribution < -0.4 is 10.0 Å². The lowest BCUT2D eigenvalue weighted by Crippen LogP contribution is -2.19. The van der Waals surface area contributed by atoms with Crippen LogP contribution in [-0.2, 0) is 10.0 Å². The molecule has 6 nitrogen and oxygen atoms in total. The summed E-state index contributed by atoms with van der Waals surface area (Å²) >= 11 is 6.00. The molecule has 2 N–H and O–H groups in total. The molecule has 25 heavy (non-hydrogen) atoms. The third-order valence-electron chi connectivity index (χ3n) is 3.89. The quantitative estimate of drug-likeness (QED) is 0.713. The van der Waals surface area contributed by atoms with E-state index in [1.165, 1.54) is 13.4 Å². The molecule has 0 saturated carbocycles. The van der Waals surface area contributed by atoms with Crippen molar-refractivity contribution in [3.8, 4) is 0 Å². The smallest absolute Gasteiger partial charge is 0.240 e. The van der Waals surface area contributed by atoms with Crippen LogP contribution in [0.5, 0.6) is 0 Å². The number of hydrogen-bond donors (Lipinski definition) is 2. The van der Waals surface area contributed by atoms with Crippen molar-refractivity contribution in [1.82, 2.24) is 14.7 Å². The Kier molecular flexibility index (Phi) is 4.89. The molecule has 0 spiro atoms. The van der Waals surface area contributed by atoms with Gasteiger partial charge in [-0.05, 0) is 49.9 Å². The third-order valence-corrected chi connectivity index (χ3v) is 5.54. The van der Waals surface area contributed by atoms with Gasteiger partial charge in [-0.15, -0.1) is 0 Å². The van der Waals surface area contributed by atoms with Crippen molar-refractivity contribution < 1.29 is 8.42 Å². The van der Waals surface area contributed by atoms with Gasteiger partial charge in [0, 0.05) is 10.4 Å². The normalized spacial score (nSPS) is 12.9. The number of sulfonamides is 1. The first kappa shape index (κ1) is 17.6. The highest BCUT2D eigenvalue weighted by Crippen LogP contribution is 2.26. The summed E-state index contributed by atoms with van der Waals surface area (Å²) in [5, 5.41) is 4.76. The molecule has 0 saturated heterocycles. The van der Waals surface area contributed by atoms with E-state index in [-0.39, 0.29) is 10.9 Å². The number of fused-ring (bicyclic) bond motifs is 1. The highest BCUT2D eigenvalue weighted by molar-refractivity contribution is 7.89. The Hall–Kier alpha value is -2.22. The molecule has 0 aliphatic heterocycles. The molecule has 1 aromatic heterocycles. The lowest BCUT2D eigenvalue weighted by molar-refractivity contribution is 0.588. The van der Waals surface area contributed by atoms with E-state index in [4.69, 9.17) is 11.6 Å². The Balaban J connectivity index is 1.93. The van der Waals surface area contributed by atoms with Gasteiger partial charge in [0.05, 0.1) is 16.5 Å². The largest absolute Gasteiger partial charge is 0.363 e. The predicted octanol–water partition coefficient (Wildman–Crippen LogP) is 3.36. The third kappa shape index (κ3) is 3.73. The molecule has 1 atom stereocenters. The van der Waals surface area contributed by atoms with Gasteiger partial charge in [0.2, 0.25) is 10.0 Å². The summed E-state index contributed by atoms with van der Waals surface area (Å²) in [6, 6.07) is 12.0. The molecule has 1 heterocycles. The second-order valence-corrected chi connectivity index (χ2v) is 7.85. The first-order chi connectivity index (χ1) is 11.9. The number of benzene rings is 2. The molecule has 0 amide bonds. The van der Waals surface area contributed by atoms with E-state index < -0.39 is 10.0 Å². The lowest BCUT2D eigenvalue weighted by Gasteiger charge is -2.17. The maximum Gasteiger partial charge on any atom is 0.240 e. The molecule has 8 heteroatoms. The van der Waals surface area contributed by atoms with Crippen LogP contribution in [0.4, 0.5) is 5.82 Å². The molecule has 3 aromatic rings. The van der Waals surface area contributed by atoms with Crippen molar-refractivity contribution in [3.63, 3.8) is 0 Å². The molecule has 0 radical (unpaired) electrons. The molecule has 0 fully saturated rings. The number of aromatic nitrogens is 2. The highest BCUT2D eigenvalue weighted by Gasteiger charge is 2.15. The van der Waals surface area contributed by atoms with Crippen molar-refractivity contribution >= 4 is 38.3 Å². The van der Waals surface area contributed by atoms with Gasteiger partial charge >= 0.3 is 0 Å². The minimum atomic E-state index is -3.48. The molecule has 1 unspecified atom stereocenters. The minimum Gasteiger partial charge on any atom is -0.363 e. The van der Waals surface area contributed by atoms with Gasteiger partial charge in [-0.3, -0.25) is 0 Å². The van der Waals surface area contributed by atoms with Crippen LogP contribution >= 0.6 is 11.6 Å². The standard InChI is InChI=1S/C17H17ClN4O2S/c1-11(12-4-3-5-14(8-12)25(23,24)19-2)22-17-15-7-6-13(18)9-16(15)20-10-21-17/h3-11,19H,1-2H3,(H,20,21,22). The van der Waals surface area contributed by atoms with Crippen LogP contribution in [0.1, 0.15) is 18.5 Å². The monoisotopic (exact) mass is 376 g/mol. The van der Waals surface area contributed by atoms with Gasteiger partial charge in [-0.1, -0.05) is 23.7 Å². The van der Waals surface area contributed by atoms with Crippen LogP contribution in [-0.4, -0.2) is 25.4 Å². The summed E-state index contributed by atoms with van der Waals surface area (Å²) in [6.07, 6.45) is 1.47. The van der Waals surface area contributed by atoms with Crippen LogP contribution in [0.15, 0.2) is 53.7 Å². The fourth-order valence-electron chi connectivity index (χ4n) is 2.50. The lowest BCUT2D eigenvalue weighted by atomic mass is 10.1. The average Bonchev–Trinajstić information content (AvgIpc) is 2.61. The molecule has 2 aromatic carbocycles. The van der Waals surface area contributed by atoms with Crippen molar-refractivity contribution in [2.24, 2.45) is 0 Å². The molecule has 0 bridgehead atoms. The molecular formula is C17H17ClN4O2S. The van der Waals surface area contributed by atoms with E-state index in [1.807, 2.05) is 19.1 Å². The van der Waals surface area contributed by atoms with Gasteiger partial charge in [-0.25, -0.2) is 23.1 Å². The highest BCUT2D eigenvalue weighted by atomic mass is 35.5. The Labute approximate surface area is 151 Å². The van der Waals surface area contributed by atoms with Crippen LogP contribution in [0.25, 0.3) is 10.9 Å². The molecule has 0 aliphatic carbocycles. The summed E-state index contributed by atoms with van der Waals surface area (Å²) in [6.45, 7) is 1.94. The molecule has 0 aliphatic rings. The molecular weight excluding hydrogens is 360 g/mol. The Morgan fingerprint density at radius 3 is 2.68 bits per heavy atom. The van der Waals surface area contributed by atoms with E-state index in [0.29, 0.717) is 10.8 Å². The zero-order valence-electron chi connectivity index (χ0n) is 13.7. The van der Waals surface area contributed by atoms with Crippen LogP contribution in [0.3, 0.4) is 0 Å². The average molecular weight is 377 g/mol. The van der Waals surface area contributed by atoms with Crippen LogP contribution in [0.2, 0.25) is 5.02 Å². The van der Waals surface area contributed by atoms with Crippen molar-refractivity contribution in [3.05, 3.63) is 59.4 Å². The second kappa shape index (κ2) is 6.95. The van der Waals surface area contributed by atoms with Crippen molar-refractivity contribution in [2.75, 3.05) is 12.4 Å². The first-order valence-corrected chi connectivity index (χ1v) is 9.47. The Bertz CT molecular complexity index is 1020. The summed E-state index contributed by atoms with van der Waals surface area (Å²) in [5.41, 5.74) is 1.57. The summed E-state index contributed by atoms with van der Waals surface area (Å²) in [7, 11) is -2.09. The zero-order valence-corrected chi connectivity index (χ0v) is 15.3.